The van der Waals surface area contributed by atoms with E-state index < -0.39 is 28.0 Å². The van der Waals surface area contributed by atoms with Crippen molar-refractivity contribution in [3.05, 3.63) is 67.5 Å². The number of aromatic amines is 1. The molecule has 0 aliphatic carbocycles. The van der Waals surface area contributed by atoms with Crippen molar-refractivity contribution < 1.29 is 8.78 Å². The van der Waals surface area contributed by atoms with Gasteiger partial charge in [0.15, 0.2) is 5.15 Å². The first-order valence-corrected chi connectivity index (χ1v) is 5.79. The summed E-state index contributed by atoms with van der Waals surface area (Å²) in [6.45, 7) is -0.0638. The van der Waals surface area contributed by atoms with E-state index in [-0.39, 0.29) is 13.0 Å². The maximum absolute atomic E-state index is 13.3. The minimum atomic E-state index is -1.21. The lowest BCUT2D eigenvalue weighted by Gasteiger charge is -2.05. The molecule has 2 rings (SSSR count). The summed E-state index contributed by atoms with van der Waals surface area (Å²) < 4.78 is 26.9. The summed E-state index contributed by atoms with van der Waals surface area (Å²) in [7, 11) is 0. The second kappa shape index (κ2) is 5.36. The maximum Gasteiger partial charge on any atom is 0.329 e. The topological polar surface area (TPSA) is 54.9 Å². The number of halogens is 3. The summed E-state index contributed by atoms with van der Waals surface area (Å²) >= 11 is 5.34. The number of nitrogens with one attached hydrogen (secondary N) is 1. The van der Waals surface area contributed by atoms with Crippen LogP contribution in [-0.4, -0.2) is 9.55 Å². The van der Waals surface area contributed by atoms with Gasteiger partial charge in [-0.3, -0.25) is 14.3 Å². The van der Waals surface area contributed by atoms with Crippen LogP contribution in [0.25, 0.3) is 0 Å². The van der Waals surface area contributed by atoms with Gasteiger partial charge in [0.1, 0.15) is 5.82 Å². The molecule has 0 unspecified atom stereocenters. The Labute approximate surface area is 111 Å². The van der Waals surface area contributed by atoms with Crippen LogP contribution in [0.3, 0.4) is 0 Å². The zero-order valence-corrected chi connectivity index (χ0v) is 10.4. The molecule has 7 heteroatoms. The summed E-state index contributed by atoms with van der Waals surface area (Å²) in [4.78, 5) is 25.0. The third-order valence-corrected chi connectivity index (χ3v) is 2.86. The molecule has 1 N–H and O–H groups in total. The van der Waals surface area contributed by atoms with Crippen molar-refractivity contribution in [2.75, 3.05) is 0 Å². The minimum Gasteiger partial charge on any atom is -0.295 e. The van der Waals surface area contributed by atoms with E-state index in [1.165, 1.54) is 18.2 Å². The molecule has 0 saturated heterocycles. The van der Waals surface area contributed by atoms with E-state index in [9.17, 15) is 18.4 Å². The molecule has 4 nitrogen and oxygen atoms in total. The van der Waals surface area contributed by atoms with E-state index in [1.54, 1.807) is 6.07 Å². The van der Waals surface area contributed by atoms with Gasteiger partial charge in [0, 0.05) is 6.54 Å². The molecule has 1 aromatic heterocycles. The maximum atomic E-state index is 13.3. The van der Waals surface area contributed by atoms with Gasteiger partial charge in [-0.15, -0.1) is 0 Å². The zero-order valence-electron chi connectivity index (χ0n) is 9.62. The molecule has 0 fully saturated rings. The van der Waals surface area contributed by atoms with Crippen LogP contribution >= 0.6 is 11.6 Å². The van der Waals surface area contributed by atoms with E-state index in [4.69, 9.17) is 11.6 Å². The molecular formula is C12H9ClF2N2O2. The van der Waals surface area contributed by atoms with Crippen molar-refractivity contribution >= 4 is 11.6 Å². The number of aryl methyl sites for hydroxylation is 1. The van der Waals surface area contributed by atoms with Crippen LogP contribution in [0.2, 0.25) is 5.15 Å². The van der Waals surface area contributed by atoms with Crippen molar-refractivity contribution in [2.24, 2.45) is 0 Å². The van der Waals surface area contributed by atoms with Crippen LogP contribution in [0.4, 0.5) is 8.78 Å². The van der Waals surface area contributed by atoms with Crippen LogP contribution in [-0.2, 0) is 13.0 Å². The van der Waals surface area contributed by atoms with Crippen LogP contribution in [0.15, 0.2) is 33.9 Å². The molecule has 0 atom stereocenters. The van der Waals surface area contributed by atoms with Crippen molar-refractivity contribution in [3.63, 3.8) is 0 Å². The summed E-state index contributed by atoms with van der Waals surface area (Å²) in [5, 5.41) is -0.614. The van der Waals surface area contributed by atoms with E-state index in [0.717, 1.165) is 0 Å². The molecule has 0 radical (unpaired) electrons. The summed E-state index contributed by atoms with van der Waals surface area (Å²) in [6.07, 6.45) is 0.224. The van der Waals surface area contributed by atoms with E-state index >= 15 is 0 Å². The van der Waals surface area contributed by atoms with Crippen LogP contribution in [0, 0.1) is 11.6 Å². The van der Waals surface area contributed by atoms with Crippen molar-refractivity contribution in [1.29, 1.82) is 0 Å². The van der Waals surface area contributed by atoms with Gasteiger partial charge in [-0.2, -0.15) is 4.39 Å². The zero-order chi connectivity index (χ0) is 14.0. The first-order valence-electron chi connectivity index (χ1n) is 5.41. The Morgan fingerprint density at radius 2 is 2.00 bits per heavy atom. The molecule has 19 heavy (non-hydrogen) atoms. The van der Waals surface area contributed by atoms with Gasteiger partial charge in [0.05, 0.1) is 0 Å². The highest BCUT2D eigenvalue weighted by Crippen LogP contribution is 2.05. The van der Waals surface area contributed by atoms with Gasteiger partial charge >= 0.3 is 5.69 Å². The van der Waals surface area contributed by atoms with E-state index in [1.807, 2.05) is 4.98 Å². The normalized spacial score (nSPS) is 10.7. The van der Waals surface area contributed by atoms with E-state index in [2.05, 4.69) is 0 Å². The Kier molecular flexibility index (Phi) is 3.80. The lowest BCUT2D eigenvalue weighted by molar-refractivity contribution is 0.538. The minimum absolute atomic E-state index is 0.0638. The quantitative estimate of drug-likeness (QED) is 0.874. The molecule has 0 aliphatic heterocycles. The molecule has 0 spiro atoms. The Morgan fingerprint density at radius 1 is 1.26 bits per heavy atom. The van der Waals surface area contributed by atoms with Crippen molar-refractivity contribution in [2.45, 2.75) is 13.0 Å². The predicted molar refractivity (Wildman–Crippen MR) is 66.4 cm³/mol. The number of aromatic nitrogens is 2. The second-order valence-corrected chi connectivity index (χ2v) is 4.27. The SMILES string of the molecule is O=c1[nH]c(Cl)c(F)c(=O)n1CCc1cccc(F)c1. The number of hydrogen-bond acceptors (Lipinski definition) is 2. The molecule has 0 saturated carbocycles. The van der Waals surface area contributed by atoms with Gasteiger partial charge in [0.25, 0.3) is 5.56 Å². The average molecular weight is 287 g/mol. The highest BCUT2D eigenvalue weighted by molar-refractivity contribution is 6.29. The number of benzene rings is 1. The molecule has 0 bridgehead atoms. The highest BCUT2D eigenvalue weighted by Gasteiger charge is 2.11. The van der Waals surface area contributed by atoms with Gasteiger partial charge in [-0.05, 0) is 24.1 Å². The predicted octanol–water partition coefficient (Wildman–Crippen LogP) is 1.71. The molecule has 1 heterocycles. The van der Waals surface area contributed by atoms with Gasteiger partial charge < -0.3 is 0 Å². The van der Waals surface area contributed by atoms with Crippen molar-refractivity contribution in [1.82, 2.24) is 9.55 Å². The Balaban J connectivity index is 2.28. The summed E-state index contributed by atoms with van der Waals surface area (Å²) in [5.74, 6) is -1.62. The van der Waals surface area contributed by atoms with Crippen LogP contribution in [0.1, 0.15) is 5.56 Å². The fourth-order valence-electron chi connectivity index (χ4n) is 1.66. The first-order chi connectivity index (χ1) is 8.99. The molecule has 2 aromatic rings. The fourth-order valence-corrected chi connectivity index (χ4v) is 1.82. The van der Waals surface area contributed by atoms with Crippen LogP contribution in [0.5, 0.6) is 0 Å². The number of H-pyrrole nitrogens is 1. The smallest absolute Gasteiger partial charge is 0.295 e. The third-order valence-electron chi connectivity index (χ3n) is 2.60. The van der Waals surface area contributed by atoms with Crippen LogP contribution < -0.4 is 11.2 Å². The number of hydrogen-bond donors (Lipinski definition) is 1. The second-order valence-electron chi connectivity index (χ2n) is 3.89. The fraction of sp³-hybridized carbons (Fsp3) is 0.167. The van der Waals surface area contributed by atoms with Gasteiger partial charge in [-0.25, -0.2) is 9.18 Å². The molecule has 0 amide bonds. The molecule has 0 aliphatic rings. The monoisotopic (exact) mass is 286 g/mol. The third kappa shape index (κ3) is 2.90. The summed E-state index contributed by atoms with van der Waals surface area (Å²) in [5.41, 5.74) is -1.29. The highest BCUT2D eigenvalue weighted by atomic mass is 35.5. The largest absolute Gasteiger partial charge is 0.329 e. The lowest BCUT2D eigenvalue weighted by Crippen LogP contribution is -2.37. The standard InChI is InChI=1S/C12H9ClF2N2O2/c13-10-9(15)11(18)17(12(19)16-10)5-4-7-2-1-3-8(14)6-7/h1-3,6H,4-5H2,(H,16,19). The van der Waals surface area contributed by atoms with E-state index in [0.29, 0.717) is 10.1 Å². The van der Waals surface area contributed by atoms with Gasteiger partial charge in [-0.1, -0.05) is 23.7 Å². The molecule has 100 valence electrons. The Bertz CT molecular complexity index is 724. The number of rotatable bonds is 3. The lowest BCUT2D eigenvalue weighted by atomic mass is 10.1. The Morgan fingerprint density at radius 3 is 2.68 bits per heavy atom. The van der Waals surface area contributed by atoms with Crippen molar-refractivity contribution in [3.8, 4) is 0 Å². The average Bonchev–Trinajstić information content (AvgIpc) is 2.36. The number of nitrogens with zero attached hydrogens (tertiary/aromatic N) is 1. The molecule has 1 aromatic carbocycles. The summed E-state index contributed by atoms with van der Waals surface area (Å²) in [6, 6.07) is 5.73. The molecular weight excluding hydrogens is 278 g/mol. The Hall–Kier alpha value is -1.95. The van der Waals surface area contributed by atoms with Gasteiger partial charge in [0.2, 0.25) is 5.82 Å². The first kappa shape index (κ1) is 13.5.